The maximum Gasteiger partial charge on any atom is 0.259 e. The lowest BCUT2D eigenvalue weighted by Crippen LogP contribution is -2.31. The summed E-state index contributed by atoms with van der Waals surface area (Å²) in [5.41, 5.74) is 3.94. The molecule has 2 heterocycles. The lowest BCUT2D eigenvalue weighted by atomic mass is 10.1. The topological polar surface area (TPSA) is 113 Å². The van der Waals surface area contributed by atoms with E-state index < -0.39 is 11.5 Å². The van der Waals surface area contributed by atoms with E-state index in [1.165, 1.54) is 22.2 Å². The van der Waals surface area contributed by atoms with Crippen LogP contribution in [0.1, 0.15) is 41.8 Å². The van der Waals surface area contributed by atoms with Gasteiger partial charge >= 0.3 is 0 Å². The second-order valence-electron chi connectivity index (χ2n) is 10.7. The van der Waals surface area contributed by atoms with Gasteiger partial charge in [-0.3, -0.25) is 9.59 Å². The predicted octanol–water partition coefficient (Wildman–Crippen LogP) is 3.69. The van der Waals surface area contributed by atoms with Gasteiger partial charge < -0.3 is 29.5 Å². The van der Waals surface area contributed by atoms with Crippen molar-refractivity contribution in [2.24, 2.45) is 0 Å². The maximum absolute atomic E-state index is 13.4. The second kappa shape index (κ2) is 13.6. The zero-order valence-electron chi connectivity index (χ0n) is 25.1. The summed E-state index contributed by atoms with van der Waals surface area (Å²) >= 11 is 0. The number of rotatable bonds is 12. The number of likely N-dealkylation sites (N-methyl/N-ethyl adjacent to an activating group) is 1. The number of aromatic nitrogens is 3. The third-order valence-corrected chi connectivity index (χ3v) is 7.18. The number of carbonyl (C=O) groups excluding carboxylic acids is 1. The summed E-state index contributed by atoms with van der Waals surface area (Å²) in [7, 11) is 5.45. The van der Waals surface area contributed by atoms with Crippen molar-refractivity contribution in [2.45, 2.75) is 39.2 Å². The zero-order valence-corrected chi connectivity index (χ0v) is 25.1. The number of carbonyl (C=O) groups is 1. The molecule has 1 atom stereocenters. The highest BCUT2D eigenvalue weighted by Crippen LogP contribution is 2.26. The molecule has 1 unspecified atom stereocenters. The van der Waals surface area contributed by atoms with Gasteiger partial charge in [0.1, 0.15) is 24.0 Å². The zero-order chi connectivity index (χ0) is 30.4. The van der Waals surface area contributed by atoms with Crippen molar-refractivity contribution in [3.63, 3.8) is 0 Å². The molecule has 0 bridgehead atoms. The van der Waals surface area contributed by atoms with Gasteiger partial charge in [-0.05, 0) is 88.7 Å². The molecule has 222 valence electrons. The minimum absolute atomic E-state index is 0.0681. The Kier molecular flexibility index (Phi) is 9.92. The Balaban J connectivity index is 1.64. The van der Waals surface area contributed by atoms with Crippen molar-refractivity contribution in [1.82, 2.24) is 24.3 Å². The number of anilines is 1. The number of aliphatic hydroxyl groups is 1. The molecule has 42 heavy (non-hydrogen) atoms. The number of aryl methyl sites for hydroxylation is 2. The number of benzene rings is 1. The van der Waals surface area contributed by atoms with E-state index in [-0.39, 0.29) is 29.4 Å². The van der Waals surface area contributed by atoms with E-state index in [9.17, 15) is 14.7 Å². The highest BCUT2D eigenvalue weighted by Gasteiger charge is 2.21. The molecule has 0 radical (unpaired) electrons. The van der Waals surface area contributed by atoms with Crippen LogP contribution in [0, 0.1) is 0 Å². The molecule has 2 N–H and O–H groups in total. The number of allylic oxidation sites excluding steroid dienone is 3. The molecule has 0 spiro atoms. The van der Waals surface area contributed by atoms with Crippen LogP contribution in [0.3, 0.4) is 0 Å². The van der Waals surface area contributed by atoms with Crippen LogP contribution in [0.15, 0.2) is 71.7 Å². The lowest BCUT2D eigenvalue weighted by molar-refractivity contribution is 0.0570. The van der Waals surface area contributed by atoms with Crippen molar-refractivity contribution in [1.29, 1.82) is 0 Å². The number of ether oxygens (including phenoxy) is 1. The molecule has 2 aromatic heterocycles. The van der Waals surface area contributed by atoms with Crippen molar-refractivity contribution < 1.29 is 14.6 Å². The highest BCUT2D eigenvalue weighted by molar-refractivity contribution is 5.97. The Bertz CT molecular complexity index is 1590. The molecule has 10 heteroatoms. The Labute approximate surface area is 246 Å². The van der Waals surface area contributed by atoms with Crippen molar-refractivity contribution in [3.8, 4) is 5.69 Å². The molecule has 1 amide bonds. The molecule has 10 nitrogen and oxygen atoms in total. The summed E-state index contributed by atoms with van der Waals surface area (Å²) in [6.07, 6.45) is 10.8. The third kappa shape index (κ3) is 7.13. The summed E-state index contributed by atoms with van der Waals surface area (Å²) in [6.45, 7) is 8.87. The van der Waals surface area contributed by atoms with E-state index in [1.807, 2.05) is 38.9 Å². The van der Waals surface area contributed by atoms with Crippen LogP contribution in [0.4, 0.5) is 5.95 Å². The Morgan fingerprint density at radius 1 is 1.24 bits per heavy atom. The highest BCUT2D eigenvalue weighted by atomic mass is 16.5. The van der Waals surface area contributed by atoms with Crippen LogP contribution in [-0.2, 0) is 17.6 Å². The van der Waals surface area contributed by atoms with Crippen LogP contribution < -0.4 is 10.7 Å². The first-order valence-corrected chi connectivity index (χ1v) is 14.2. The fourth-order valence-electron chi connectivity index (χ4n) is 4.84. The number of amides is 1. The van der Waals surface area contributed by atoms with Crippen LogP contribution in [0.2, 0.25) is 0 Å². The SMILES string of the molecule is C=C(/C=C\C(=C/C)OCC(O)CN(C)C)Nc1ncc2c(=O)c(C(=O)N(C)CC)cn(-c3ccc4c(c3)CCC4)c2n1. The van der Waals surface area contributed by atoms with Gasteiger partial charge in [-0.2, -0.15) is 4.98 Å². The second-order valence-corrected chi connectivity index (χ2v) is 10.7. The first kappa shape index (κ1) is 30.7. The minimum Gasteiger partial charge on any atom is -0.491 e. The van der Waals surface area contributed by atoms with E-state index in [4.69, 9.17) is 4.74 Å². The van der Waals surface area contributed by atoms with E-state index in [0.29, 0.717) is 30.2 Å². The van der Waals surface area contributed by atoms with Gasteiger partial charge in [0, 0.05) is 43.9 Å². The van der Waals surface area contributed by atoms with Crippen molar-refractivity contribution in [3.05, 3.63) is 93.8 Å². The van der Waals surface area contributed by atoms with E-state index in [0.717, 1.165) is 24.9 Å². The van der Waals surface area contributed by atoms with Crippen LogP contribution in [0.25, 0.3) is 16.7 Å². The van der Waals surface area contributed by atoms with Crippen LogP contribution >= 0.6 is 0 Å². The smallest absolute Gasteiger partial charge is 0.259 e. The maximum atomic E-state index is 13.4. The summed E-state index contributed by atoms with van der Waals surface area (Å²) < 4.78 is 7.50. The largest absolute Gasteiger partial charge is 0.491 e. The molecular formula is C32H40N6O4. The summed E-state index contributed by atoms with van der Waals surface area (Å²) in [4.78, 5) is 39.0. The Morgan fingerprint density at radius 2 is 2.00 bits per heavy atom. The van der Waals surface area contributed by atoms with Crippen LogP contribution in [-0.4, -0.2) is 82.3 Å². The van der Waals surface area contributed by atoms with Gasteiger partial charge in [0.15, 0.2) is 5.65 Å². The molecule has 1 aliphatic carbocycles. The van der Waals surface area contributed by atoms with Gasteiger partial charge in [-0.1, -0.05) is 12.6 Å². The van der Waals surface area contributed by atoms with E-state index >= 15 is 0 Å². The number of hydrogen-bond donors (Lipinski definition) is 2. The number of pyridine rings is 1. The van der Waals surface area contributed by atoms with Crippen molar-refractivity contribution in [2.75, 3.05) is 46.2 Å². The first-order valence-electron chi connectivity index (χ1n) is 14.2. The predicted molar refractivity (Wildman–Crippen MR) is 166 cm³/mol. The first-order chi connectivity index (χ1) is 20.1. The number of hydrogen-bond acceptors (Lipinski definition) is 8. The average Bonchev–Trinajstić information content (AvgIpc) is 3.44. The minimum atomic E-state index is -0.614. The average molecular weight is 573 g/mol. The molecule has 0 saturated heterocycles. The van der Waals surface area contributed by atoms with Gasteiger partial charge in [0.05, 0.1) is 5.39 Å². The molecule has 0 fully saturated rings. The fourth-order valence-corrected chi connectivity index (χ4v) is 4.84. The van der Waals surface area contributed by atoms with E-state index in [2.05, 4.69) is 34.0 Å². The normalized spacial score (nSPS) is 13.9. The van der Waals surface area contributed by atoms with Gasteiger partial charge in [-0.25, -0.2) is 4.98 Å². The summed E-state index contributed by atoms with van der Waals surface area (Å²) in [6, 6.07) is 6.21. The quantitative estimate of drug-likeness (QED) is 0.250. The van der Waals surface area contributed by atoms with E-state index in [1.54, 1.807) is 36.0 Å². The molecule has 4 rings (SSSR count). The number of fused-ring (bicyclic) bond motifs is 2. The molecule has 0 saturated carbocycles. The van der Waals surface area contributed by atoms with Gasteiger partial charge in [-0.15, -0.1) is 0 Å². The summed E-state index contributed by atoms with van der Waals surface area (Å²) in [5, 5.41) is 13.4. The molecule has 1 aliphatic rings. The summed E-state index contributed by atoms with van der Waals surface area (Å²) in [5.74, 6) is 0.478. The molecule has 0 aliphatic heterocycles. The van der Waals surface area contributed by atoms with Gasteiger partial charge in [0.25, 0.3) is 5.91 Å². The fraction of sp³-hybridized carbons (Fsp3) is 0.375. The Morgan fingerprint density at radius 3 is 2.71 bits per heavy atom. The number of nitrogens with one attached hydrogen (secondary N) is 1. The monoisotopic (exact) mass is 572 g/mol. The van der Waals surface area contributed by atoms with Gasteiger partial charge in [0.2, 0.25) is 11.4 Å². The molecule has 1 aromatic carbocycles. The number of nitrogens with zero attached hydrogens (tertiary/aromatic N) is 5. The third-order valence-electron chi connectivity index (χ3n) is 7.18. The molecule has 3 aromatic rings. The lowest BCUT2D eigenvalue weighted by Gasteiger charge is -2.18. The van der Waals surface area contributed by atoms with Crippen molar-refractivity contribution >= 4 is 22.9 Å². The molecular weight excluding hydrogens is 532 g/mol. The standard InChI is InChI=1S/C32H40N6O4/c1-7-26(42-20-25(39)18-36(4)5)15-12-21(3)34-32-33-17-27-29(40)28(31(41)37(6)8-2)19-38(30(27)35-32)24-14-13-22-10-9-11-23(22)16-24/h7,12-17,19,25,39H,3,8-11,18,20H2,1-2,4-6H3,(H,33,34,35)/b15-12-,26-7+. The van der Waals surface area contributed by atoms with Crippen LogP contribution in [0.5, 0.6) is 0 Å². The number of aliphatic hydroxyl groups excluding tert-OH is 1. The Hall–Kier alpha value is -4.28.